The molecule has 6 amide bonds. The van der Waals surface area contributed by atoms with Gasteiger partial charge in [-0.3, -0.25) is 33.7 Å². The number of amides is 6. The van der Waals surface area contributed by atoms with Crippen LogP contribution in [-0.4, -0.2) is 225 Å². The van der Waals surface area contributed by atoms with Crippen molar-refractivity contribution in [2.75, 3.05) is 179 Å². The monoisotopic (exact) mass is 950 g/mol. The minimum absolute atomic E-state index is 0.00493. The predicted octanol–water partition coefficient (Wildman–Crippen LogP) is -1.33. The zero-order chi connectivity index (χ0) is 48.0. The largest absolute Gasteiger partial charge is 0.382 e. The molecule has 0 fully saturated rings. The summed E-state index contributed by atoms with van der Waals surface area (Å²) < 4.78 is 64.9. The Bertz CT molecular complexity index is 1310. The van der Waals surface area contributed by atoms with Gasteiger partial charge in [0.1, 0.15) is 12.6 Å². The Labute approximate surface area is 388 Å². The van der Waals surface area contributed by atoms with Crippen LogP contribution in [-0.2, 0) is 85.6 Å². The number of rotatable bonds is 49. The lowest BCUT2D eigenvalue weighted by Gasteiger charge is -2.20. The first-order chi connectivity index (χ1) is 32.3. The van der Waals surface area contributed by atoms with Crippen LogP contribution in [0.4, 0.5) is 0 Å². The van der Waals surface area contributed by atoms with E-state index in [1.807, 2.05) is 0 Å². The van der Waals surface area contributed by atoms with E-state index in [2.05, 4.69) is 27.8 Å². The molecule has 1 heterocycles. The van der Waals surface area contributed by atoms with Gasteiger partial charge in [-0.05, 0) is 25.5 Å². The Morgan fingerprint density at radius 3 is 1.30 bits per heavy atom. The van der Waals surface area contributed by atoms with E-state index in [9.17, 15) is 28.8 Å². The van der Waals surface area contributed by atoms with Gasteiger partial charge in [0.25, 0.3) is 11.8 Å². The zero-order valence-electron chi connectivity index (χ0n) is 38.7. The van der Waals surface area contributed by atoms with Gasteiger partial charge in [0.15, 0.2) is 0 Å². The van der Waals surface area contributed by atoms with E-state index in [4.69, 9.17) is 56.8 Å². The molecule has 0 aromatic heterocycles. The molecule has 23 heteroatoms. The number of hydrogen-bond donors (Lipinski definition) is 4. The molecule has 0 bridgehead atoms. The van der Waals surface area contributed by atoms with E-state index in [0.29, 0.717) is 165 Å². The van der Waals surface area contributed by atoms with Crippen LogP contribution in [0, 0.1) is 0 Å². The topological polar surface area (TPSA) is 265 Å². The van der Waals surface area contributed by atoms with E-state index in [0.717, 1.165) is 17.1 Å². The molecule has 66 heavy (non-hydrogen) atoms. The molecule has 23 nitrogen and oxygen atoms in total. The van der Waals surface area contributed by atoms with Crippen molar-refractivity contribution in [3.8, 4) is 0 Å². The molecule has 1 rings (SSSR count). The lowest BCUT2D eigenvalue weighted by molar-refractivity contribution is -0.141. The average molecular weight is 950 g/mol. The van der Waals surface area contributed by atoms with Crippen LogP contribution < -0.4 is 21.3 Å². The molecular formula is C43H75N5O18. The molecule has 0 saturated carbocycles. The van der Waals surface area contributed by atoms with Crippen molar-refractivity contribution in [3.05, 3.63) is 24.9 Å². The molecule has 0 spiro atoms. The summed E-state index contributed by atoms with van der Waals surface area (Å²) in [6.07, 6.45) is 4.67. The maximum atomic E-state index is 12.8. The summed E-state index contributed by atoms with van der Waals surface area (Å²) in [7, 11) is 1.63. The number of carbonyl (C=O) groups is 6. The minimum Gasteiger partial charge on any atom is -0.382 e. The standard InChI is InChI=1S/C43H75N5O18/c1-3-44-38(49)9-12-46-43(54)37(47-40(51)36-48-41(52)7-8-42(48)53)6-4-5-11-45-39(50)10-13-56-16-17-58-20-21-60-24-25-62-28-29-64-32-33-66-35-34-65-31-30-63-27-26-61-23-22-59-19-18-57-15-14-55-2/h3,7-8,37H,1,4-6,9-36H2,2H3,(H,44,49)(H,45,50)(H,46,54)(H,47,51)/t37-/m0/s1. The van der Waals surface area contributed by atoms with Gasteiger partial charge in [-0.25, -0.2) is 0 Å². The second-order valence-electron chi connectivity index (χ2n) is 13.9. The molecule has 1 aliphatic heterocycles. The Balaban J connectivity index is 1.88. The second-order valence-corrected chi connectivity index (χ2v) is 13.9. The quantitative estimate of drug-likeness (QED) is 0.0407. The van der Waals surface area contributed by atoms with Gasteiger partial charge in [-0.2, -0.15) is 0 Å². The van der Waals surface area contributed by atoms with E-state index >= 15 is 0 Å². The minimum atomic E-state index is -0.989. The van der Waals surface area contributed by atoms with Crippen molar-refractivity contribution in [3.63, 3.8) is 0 Å². The van der Waals surface area contributed by atoms with Crippen LogP contribution in [0.5, 0.6) is 0 Å². The highest BCUT2D eigenvalue weighted by Crippen LogP contribution is 2.05. The first kappa shape index (κ1) is 60.0. The maximum absolute atomic E-state index is 12.8. The van der Waals surface area contributed by atoms with Gasteiger partial charge in [-0.15, -0.1) is 0 Å². The Hall–Kier alpha value is -3.98. The molecule has 0 saturated heterocycles. The number of unbranched alkanes of at least 4 members (excludes halogenated alkanes) is 1. The summed E-state index contributed by atoms with van der Waals surface area (Å²) >= 11 is 0. The first-order valence-corrected chi connectivity index (χ1v) is 22.4. The summed E-state index contributed by atoms with van der Waals surface area (Å²) in [5.41, 5.74) is 0. The molecule has 0 aromatic rings. The van der Waals surface area contributed by atoms with E-state index < -0.39 is 36.2 Å². The van der Waals surface area contributed by atoms with Gasteiger partial charge in [0, 0.05) is 45.2 Å². The Morgan fingerprint density at radius 2 is 0.909 bits per heavy atom. The number of imide groups is 1. The van der Waals surface area contributed by atoms with Gasteiger partial charge in [0.05, 0.1) is 152 Å². The highest BCUT2D eigenvalue weighted by molar-refractivity contribution is 6.14. The first-order valence-electron chi connectivity index (χ1n) is 22.4. The molecule has 380 valence electrons. The SMILES string of the molecule is C=CNC(=O)CCNC(=O)[C@H](CCCCNC(=O)CCOCCOCCOCCOCCOCCOCCOCCOCCOCCOCCOCCOC)NC(=O)CN1C(=O)C=CC1=O. The Kier molecular flexibility index (Phi) is 40.8. The fourth-order valence-corrected chi connectivity index (χ4v) is 5.25. The zero-order valence-corrected chi connectivity index (χ0v) is 38.7. The number of nitrogens with zero attached hydrogens (tertiary/aromatic N) is 1. The van der Waals surface area contributed by atoms with Crippen molar-refractivity contribution in [1.82, 2.24) is 26.2 Å². The van der Waals surface area contributed by atoms with Crippen LogP contribution in [0.15, 0.2) is 24.9 Å². The number of ether oxygens (including phenoxy) is 12. The third-order valence-corrected chi connectivity index (χ3v) is 8.64. The molecule has 0 aliphatic carbocycles. The molecule has 1 atom stereocenters. The predicted molar refractivity (Wildman–Crippen MR) is 236 cm³/mol. The van der Waals surface area contributed by atoms with E-state index in [-0.39, 0.29) is 44.2 Å². The maximum Gasteiger partial charge on any atom is 0.254 e. The van der Waals surface area contributed by atoms with Gasteiger partial charge in [0.2, 0.25) is 23.6 Å². The number of hydrogen-bond acceptors (Lipinski definition) is 18. The third kappa shape index (κ3) is 37.1. The molecule has 0 unspecified atom stereocenters. The highest BCUT2D eigenvalue weighted by Gasteiger charge is 2.28. The van der Waals surface area contributed by atoms with Crippen LogP contribution in [0.2, 0.25) is 0 Å². The van der Waals surface area contributed by atoms with Crippen LogP contribution >= 0.6 is 0 Å². The van der Waals surface area contributed by atoms with Crippen LogP contribution in [0.3, 0.4) is 0 Å². The molecule has 0 aromatic carbocycles. The fourth-order valence-electron chi connectivity index (χ4n) is 5.25. The molecule has 0 radical (unpaired) electrons. The second kappa shape index (κ2) is 44.8. The van der Waals surface area contributed by atoms with Crippen molar-refractivity contribution in [2.45, 2.75) is 38.1 Å². The van der Waals surface area contributed by atoms with Crippen LogP contribution in [0.1, 0.15) is 32.1 Å². The Morgan fingerprint density at radius 1 is 0.515 bits per heavy atom. The van der Waals surface area contributed by atoms with E-state index in [1.54, 1.807) is 7.11 Å². The molecule has 4 N–H and O–H groups in total. The van der Waals surface area contributed by atoms with Crippen molar-refractivity contribution in [1.29, 1.82) is 0 Å². The average Bonchev–Trinajstić information content (AvgIpc) is 3.61. The summed E-state index contributed by atoms with van der Waals surface area (Å²) in [5.74, 6) is -3.01. The van der Waals surface area contributed by atoms with Crippen molar-refractivity contribution < 1.29 is 85.6 Å². The van der Waals surface area contributed by atoms with Crippen LogP contribution in [0.25, 0.3) is 0 Å². The number of methoxy groups -OCH3 is 1. The van der Waals surface area contributed by atoms with Crippen molar-refractivity contribution in [2.24, 2.45) is 0 Å². The lowest BCUT2D eigenvalue weighted by atomic mass is 10.1. The fraction of sp³-hybridized carbons (Fsp3) is 0.767. The molecular weight excluding hydrogens is 874 g/mol. The van der Waals surface area contributed by atoms with Gasteiger partial charge >= 0.3 is 0 Å². The highest BCUT2D eigenvalue weighted by atomic mass is 16.6. The van der Waals surface area contributed by atoms with Gasteiger partial charge < -0.3 is 78.1 Å². The van der Waals surface area contributed by atoms with Crippen molar-refractivity contribution >= 4 is 35.4 Å². The number of nitrogens with one attached hydrogen (secondary N) is 4. The summed E-state index contributed by atoms with van der Waals surface area (Å²) in [4.78, 5) is 73.6. The lowest BCUT2D eigenvalue weighted by Crippen LogP contribution is -2.50. The molecule has 1 aliphatic rings. The number of carbonyl (C=O) groups excluding carboxylic acids is 6. The van der Waals surface area contributed by atoms with Gasteiger partial charge in [-0.1, -0.05) is 6.58 Å². The third-order valence-electron chi connectivity index (χ3n) is 8.64. The normalized spacial score (nSPS) is 12.7. The van der Waals surface area contributed by atoms with E-state index in [1.165, 1.54) is 6.20 Å². The summed E-state index contributed by atoms with van der Waals surface area (Å²) in [6, 6.07) is -0.989. The summed E-state index contributed by atoms with van der Waals surface area (Å²) in [5, 5.41) is 10.3. The summed E-state index contributed by atoms with van der Waals surface area (Å²) in [6.45, 7) is 13.7. The smallest absolute Gasteiger partial charge is 0.254 e.